The Hall–Kier alpha value is -1.86. The summed E-state index contributed by atoms with van der Waals surface area (Å²) in [6.07, 6.45) is 0. The minimum absolute atomic E-state index is 0.167. The molecule has 0 saturated carbocycles. The van der Waals surface area contributed by atoms with Crippen molar-refractivity contribution in [1.29, 1.82) is 0 Å². The molecular formula is C13H15O3P. The summed E-state index contributed by atoms with van der Waals surface area (Å²) in [7, 11) is 0.167. The Bertz CT molecular complexity index is 352. The van der Waals surface area contributed by atoms with Crippen LogP contribution in [0, 0.1) is 0 Å². The van der Waals surface area contributed by atoms with Crippen molar-refractivity contribution in [1.82, 2.24) is 0 Å². The van der Waals surface area contributed by atoms with Crippen molar-refractivity contribution in [2.45, 2.75) is 0 Å². The summed E-state index contributed by atoms with van der Waals surface area (Å²) in [5, 5.41) is 17.3. The van der Waals surface area contributed by atoms with Gasteiger partial charge in [-0.05, 0) is 24.3 Å². The van der Waals surface area contributed by atoms with E-state index in [1.54, 1.807) is 55.2 Å². The first-order valence-electron chi connectivity index (χ1n) is 4.90. The molecule has 3 nitrogen and oxygen atoms in total. The molecule has 0 spiro atoms. The number of benzene rings is 2. The highest BCUT2D eigenvalue weighted by Crippen LogP contribution is 2.03. The minimum Gasteiger partial charge on any atom is -0.508 e. The first-order valence-corrected chi connectivity index (χ1v) is 6.16. The zero-order chi connectivity index (χ0) is 12.9. The van der Waals surface area contributed by atoms with E-state index in [4.69, 9.17) is 14.8 Å². The van der Waals surface area contributed by atoms with Crippen LogP contribution in [0.2, 0.25) is 0 Å². The van der Waals surface area contributed by atoms with Crippen LogP contribution in [0.3, 0.4) is 0 Å². The van der Waals surface area contributed by atoms with Crippen LogP contribution in [-0.4, -0.2) is 16.9 Å². The molecule has 0 fully saturated rings. The molecule has 0 heterocycles. The van der Waals surface area contributed by atoms with E-state index < -0.39 is 0 Å². The number of hydrogen-bond acceptors (Lipinski definition) is 3. The highest BCUT2D eigenvalue weighted by molar-refractivity contribution is 7.22. The lowest BCUT2D eigenvalue weighted by Gasteiger charge is -1.82. The van der Waals surface area contributed by atoms with Gasteiger partial charge in [0, 0.05) is 6.66 Å². The maximum atomic E-state index is 8.90. The number of phenols is 2. The van der Waals surface area contributed by atoms with Crippen LogP contribution in [0.1, 0.15) is 0 Å². The van der Waals surface area contributed by atoms with E-state index in [0.29, 0.717) is 11.5 Å². The Labute approximate surface area is 103 Å². The standard InChI is InChI=1S/2C6H6O.CH3OP/c2*7-6-4-2-1-3-5-6;1-3-2/h2*1-5,7H;1H3. The molecule has 2 aromatic carbocycles. The summed E-state index contributed by atoms with van der Waals surface area (Å²) < 4.78 is 8.90. The van der Waals surface area contributed by atoms with Gasteiger partial charge >= 0.3 is 0 Å². The maximum Gasteiger partial charge on any atom is 0.151 e. The molecule has 17 heavy (non-hydrogen) atoms. The lowest BCUT2D eigenvalue weighted by Crippen LogP contribution is -1.56. The Morgan fingerprint density at radius 2 is 1.00 bits per heavy atom. The van der Waals surface area contributed by atoms with Crippen molar-refractivity contribution in [3.05, 3.63) is 60.7 Å². The second kappa shape index (κ2) is 10.7. The Morgan fingerprint density at radius 1 is 0.765 bits per heavy atom. The van der Waals surface area contributed by atoms with Crippen LogP contribution < -0.4 is 0 Å². The largest absolute Gasteiger partial charge is 0.508 e. The maximum absolute atomic E-state index is 8.90. The third kappa shape index (κ3) is 10.4. The fourth-order valence-electron chi connectivity index (χ4n) is 0.856. The highest BCUT2D eigenvalue weighted by Gasteiger charge is 1.75. The van der Waals surface area contributed by atoms with Crippen molar-refractivity contribution in [3.8, 4) is 11.5 Å². The van der Waals surface area contributed by atoms with Crippen molar-refractivity contribution in [2.24, 2.45) is 0 Å². The average molecular weight is 250 g/mol. The first-order chi connectivity index (χ1) is 8.20. The van der Waals surface area contributed by atoms with Crippen molar-refractivity contribution >= 4 is 8.46 Å². The summed E-state index contributed by atoms with van der Waals surface area (Å²) >= 11 is 0. The van der Waals surface area contributed by atoms with E-state index >= 15 is 0 Å². The SMILES string of the molecule is CP=O.Oc1ccccc1.Oc1ccccc1. The zero-order valence-electron chi connectivity index (χ0n) is 9.52. The number of rotatable bonds is 0. The third-order valence-electron chi connectivity index (χ3n) is 1.51. The fraction of sp³-hybridized carbons (Fsp3) is 0.0769. The van der Waals surface area contributed by atoms with Crippen LogP contribution in [0.15, 0.2) is 60.7 Å². The molecule has 2 N–H and O–H groups in total. The smallest absolute Gasteiger partial charge is 0.151 e. The molecule has 0 bridgehead atoms. The fourth-order valence-corrected chi connectivity index (χ4v) is 0.856. The quantitative estimate of drug-likeness (QED) is 0.701. The minimum atomic E-state index is 0.167. The van der Waals surface area contributed by atoms with Crippen LogP contribution >= 0.6 is 8.46 Å². The first kappa shape index (κ1) is 15.1. The average Bonchev–Trinajstić information content (AvgIpc) is 2.33. The number of hydrogen-bond donors (Lipinski definition) is 2. The van der Waals surface area contributed by atoms with Gasteiger partial charge in [-0.2, -0.15) is 0 Å². The predicted octanol–water partition coefficient (Wildman–Crippen LogP) is 3.69. The molecule has 2 rings (SSSR count). The van der Waals surface area contributed by atoms with Crippen molar-refractivity contribution < 1.29 is 14.8 Å². The van der Waals surface area contributed by atoms with E-state index in [0.717, 1.165) is 0 Å². The van der Waals surface area contributed by atoms with Gasteiger partial charge in [0.25, 0.3) is 0 Å². The van der Waals surface area contributed by atoms with E-state index in [2.05, 4.69) is 0 Å². The summed E-state index contributed by atoms with van der Waals surface area (Å²) in [5.74, 6) is 0.644. The van der Waals surface area contributed by atoms with Crippen LogP contribution in [0.25, 0.3) is 0 Å². The molecule has 4 heteroatoms. The lowest BCUT2D eigenvalue weighted by molar-refractivity contribution is 0.475. The monoisotopic (exact) mass is 250 g/mol. The van der Waals surface area contributed by atoms with Gasteiger partial charge in [0.15, 0.2) is 8.46 Å². The van der Waals surface area contributed by atoms with Crippen molar-refractivity contribution in [2.75, 3.05) is 6.66 Å². The molecule has 0 atom stereocenters. The van der Waals surface area contributed by atoms with Gasteiger partial charge in [-0.15, -0.1) is 0 Å². The number of phenolic OH excluding ortho intramolecular Hbond substituents is 2. The molecule has 90 valence electrons. The molecule has 0 aliphatic rings. The van der Waals surface area contributed by atoms with Gasteiger partial charge in [-0.3, -0.25) is 4.57 Å². The molecule has 0 saturated heterocycles. The summed E-state index contributed by atoms with van der Waals surface area (Å²) in [4.78, 5) is 0. The van der Waals surface area contributed by atoms with Gasteiger partial charge < -0.3 is 10.2 Å². The predicted molar refractivity (Wildman–Crippen MR) is 69.7 cm³/mol. The molecule has 0 unspecified atom stereocenters. The Balaban J connectivity index is 0.000000247. The molecular weight excluding hydrogens is 235 g/mol. The Morgan fingerprint density at radius 3 is 1.12 bits per heavy atom. The van der Waals surface area contributed by atoms with Crippen LogP contribution in [-0.2, 0) is 4.57 Å². The second-order valence-corrected chi connectivity index (χ2v) is 3.22. The highest BCUT2D eigenvalue weighted by atomic mass is 31.1. The number of para-hydroxylation sites is 2. The van der Waals surface area contributed by atoms with E-state index in [1.807, 2.05) is 12.1 Å². The van der Waals surface area contributed by atoms with Gasteiger partial charge in [0.1, 0.15) is 11.5 Å². The number of aromatic hydroxyl groups is 2. The van der Waals surface area contributed by atoms with Gasteiger partial charge in [0.05, 0.1) is 0 Å². The van der Waals surface area contributed by atoms with E-state index in [-0.39, 0.29) is 8.46 Å². The van der Waals surface area contributed by atoms with Gasteiger partial charge in [0.2, 0.25) is 0 Å². The zero-order valence-corrected chi connectivity index (χ0v) is 10.4. The van der Waals surface area contributed by atoms with Crippen LogP contribution in [0.4, 0.5) is 0 Å². The molecule has 0 amide bonds. The van der Waals surface area contributed by atoms with Crippen molar-refractivity contribution in [3.63, 3.8) is 0 Å². The molecule has 0 radical (unpaired) electrons. The van der Waals surface area contributed by atoms with E-state index in [9.17, 15) is 0 Å². The summed E-state index contributed by atoms with van der Waals surface area (Å²) in [6, 6.07) is 17.4. The summed E-state index contributed by atoms with van der Waals surface area (Å²) in [5.41, 5.74) is 0. The normalized spacial score (nSPS) is 8.29. The molecule has 0 aromatic heterocycles. The topological polar surface area (TPSA) is 57.5 Å². The second-order valence-electron chi connectivity index (χ2n) is 2.85. The summed E-state index contributed by atoms with van der Waals surface area (Å²) in [6.45, 7) is 1.54. The third-order valence-corrected chi connectivity index (χ3v) is 1.51. The van der Waals surface area contributed by atoms with Gasteiger partial charge in [-0.25, -0.2) is 0 Å². The molecule has 0 aliphatic heterocycles. The van der Waals surface area contributed by atoms with Crippen LogP contribution in [0.5, 0.6) is 11.5 Å². The lowest BCUT2D eigenvalue weighted by atomic mass is 10.3. The molecule has 2 aromatic rings. The van der Waals surface area contributed by atoms with E-state index in [1.165, 1.54) is 0 Å². The Kier molecular flexibility index (Phi) is 9.49. The molecule has 0 aliphatic carbocycles. The van der Waals surface area contributed by atoms with Gasteiger partial charge in [-0.1, -0.05) is 36.4 Å².